The normalized spacial score (nSPS) is 14.1. The zero-order valence-corrected chi connectivity index (χ0v) is 25.9. The molecule has 0 bridgehead atoms. The second-order valence-electron chi connectivity index (χ2n) is 11.2. The third-order valence-corrected chi connectivity index (χ3v) is 7.48. The molecule has 1 fully saturated rings. The van der Waals surface area contributed by atoms with Crippen molar-refractivity contribution in [3.8, 4) is 17.0 Å². The number of hydrogen-bond donors (Lipinski definition) is 1. The van der Waals surface area contributed by atoms with Crippen LogP contribution in [0.4, 0.5) is 16.4 Å². The summed E-state index contributed by atoms with van der Waals surface area (Å²) < 4.78 is 12.7. The van der Waals surface area contributed by atoms with E-state index in [2.05, 4.69) is 25.2 Å². The minimum absolute atomic E-state index is 0.271. The van der Waals surface area contributed by atoms with Crippen LogP contribution in [0.15, 0.2) is 53.6 Å². The van der Waals surface area contributed by atoms with Crippen LogP contribution in [0.1, 0.15) is 20.8 Å². The van der Waals surface area contributed by atoms with Gasteiger partial charge in [-0.25, -0.2) is 14.8 Å². The molecule has 0 radical (unpaired) electrons. The lowest BCUT2D eigenvalue weighted by Crippen LogP contribution is -2.50. The number of rotatable bonds is 7. The lowest BCUT2D eigenvalue weighted by atomic mass is 10.1. The fourth-order valence-corrected chi connectivity index (χ4v) is 5.27. The Morgan fingerprint density at radius 2 is 1.74 bits per heavy atom. The van der Waals surface area contributed by atoms with Crippen molar-refractivity contribution in [3.05, 3.63) is 69.2 Å². The highest BCUT2D eigenvalue weighted by atomic mass is 35.5. The smallest absolute Gasteiger partial charge is 0.410 e. The first-order valence-electron chi connectivity index (χ1n) is 13.9. The lowest BCUT2D eigenvalue weighted by molar-refractivity contribution is 0.0136. The molecule has 1 amide bonds. The van der Waals surface area contributed by atoms with Gasteiger partial charge in [0.25, 0.3) is 5.56 Å². The van der Waals surface area contributed by atoms with Gasteiger partial charge in [-0.05, 0) is 45.0 Å². The van der Waals surface area contributed by atoms with Gasteiger partial charge in [-0.1, -0.05) is 29.3 Å². The molecule has 1 aromatic carbocycles. The number of hydrogen-bond acceptors (Lipinski definition) is 9. The van der Waals surface area contributed by atoms with Gasteiger partial charge in [-0.3, -0.25) is 14.3 Å². The van der Waals surface area contributed by atoms with Crippen molar-refractivity contribution in [3.63, 3.8) is 0 Å². The van der Waals surface area contributed by atoms with Crippen LogP contribution >= 0.6 is 23.2 Å². The Labute approximate surface area is 259 Å². The van der Waals surface area contributed by atoms with Crippen molar-refractivity contribution < 1.29 is 14.3 Å². The highest BCUT2D eigenvalue weighted by molar-refractivity contribution is 6.39. The summed E-state index contributed by atoms with van der Waals surface area (Å²) >= 11 is 12.7. The van der Waals surface area contributed by atoms with Gasteiger partial charge in [-0.2, -0.15) is 4.98 Å². The molecular weight excluding hydrogens is 593 g/mol. The number of aromatic nitrogens is 4. The van der Waals surface area contributed by atoms with E-state index in [-0.39, 0.29) is 11.7 Å². The van der Waals surface area contributed by atoms with E-state index in [0.717, 1.165) is 19.6 Å². The SMILES string of the molecule is Cn1c(=O)c(-c2c(Cl)cccc2Cl)cc2cnc(Nc3ccc(OCCN4CCN(C(=O)OC(C)(C)C)CC4)nc3)nc21. The Kier molecular flexibility index (Phi) is 9.05. The molecule has 0 aliphatic carbocycles. The summed E-state index contributed by atoms with van der Waals surface area (Å²) in [4.78, 5) is 42.7. The second-order valence-corrected chi connectivity index (χ2v) is 12.0. The van der Waals surface area contributed by atoms with Crippen LogP contribution in [0, 0.1) is 0 Å². The molecule has 0 unspecified atom stereocenters. The molecule has 1 aliphatic rings. The standard InChI is InChI=1S/C30H33Cl2N7O4/c1-30(2,3)43-29(41)39-12-10-38(11-13-39)14-15-42-24-9-8-20(18-33-24)35-28-34-17-19-16-21(27(40)37(4)26(19)36-28)25-22(31)6-5-7-23(25)32/h5-9,16-18H,10-15H2,1-4H3,(H,34,35,36). The predicted molar refractivity (Wildman–Crippen MR) is 167 cm³/mol. The van der Waals surface area contributed by atoms with E-state index in [4.69, 9.17) is 32.7 Å². The first-order valence-corrected chi connectivity index (χ1v) is 14.6. The molecule has 13 heteroatoms. The van der Waals surface area contributed by atoms with E-state index in [1.165, 1.54) is 4.57 Å². The highest BCUT2D eigenvalue weighted by Crippen LogP contribution is 2.33. The number of pyridine rings is 2. The Balaban J connectivity index is 1.16. The van der Waals surface area contributed by atoms with Gasteiger partial charge in [0.15, 0.2) is 0 Å². The van der Waals surface area contributed by atoms with Gasteiger partial charge >= 0.3 is 6.09 Å². The van der Waals surface area contributed by atoms with Crippen LogP contribution in [0.5, 0.6) is 5.88 Å². The summed E-state index contributed by atoms with van der Waals surface area (Å²) in [5.41, 5.74) is 1.19. The third-order valence-electron chi connectivity index (χ3n) is 6.85. The third kappa shape index (κ3) is 7.35. The first kappa shape index (κ1) is 30.5. The zero-order valence-electron chi connectivity index (χ0n) is 24.4. The molecular formula is C30H33Cl2N7O4. The lowest BCUT2D eigenvalue weighted by Gasteiger charge is -2.35. The number of ether oxygens (including phenoxy) is 2. The molecule has 11 nitrogen and oxygen atoms in total. The van der Waals surface area contributed by atoms with Crippen LogP contribution in [0.25, 0.3) is 22.2 Å². The molecule has 5 rings (SSSR count). The Morgan fingerprint density at radius 1 is 1.02 bits per heavy atom. The average Bonchev–Trinajstić information content (AvgIpc) is 2.96. The average molecular weight is 627 g/mol. The minimum atomic E-state index is -0.499. The summed E-state index contributed by atoms with van der Waals surface area (Å²) in [5.74, 6) is 0.803. The number of benzene rings is 1. The second kappa shape index (κ2) is 12.7. The van der Waals surface area contributed by atoms with Crippen molar-refractivity contribution in [1.82, 2.24) is 29.3 Å². The maximum atomic E-state index is 13.2. The van der Waals surface area contributed by atoms with Crippen LogP contribution in [-0.4, -0.2) is 80.3 Å². The molecule has 1 N–H and O–H groups in total. The van der Waals surface area contributed by atoms with Crippen molar-refractivity contribution in [2.75, 3.05) is 44.6 Å². The van der Waals surface area contributed by atoms with Gasteiger partial charge < -0.3 is 19.7 Å². The summed E-state index contributed by atoms with van der Waals surface area (Å²) in [6.45, 7) is 9.54. The minimum Gasteiger partial charge on any atom is -0.476 e. The van der Waals surface area contributed by atoms with Gasteiger partial charge in [0, 0.05) is 63.0 Å². The molecule has 3 aromatic heterocycles. The molecule has 1 saturated heterocycles. The van der Waals surface area contributed by atoms with Crippen LogP contribution in [0.3, 0.4) is 0 Å². The predicted octanol–water partition coefficient (Wildman–Crippen LogP) is 5.37. The van der Waals surface area contributed by atoms with E-state index in [9.17, 15) is 9.59 Å². The number of aryl methyl sites for hydroxylation is 1. The number of nitrogens with one attached hydrogen (secondary N) is 1. The molecule has 0 saturated carbocycles. The summed E-state index contributed by atoms with van der Waals surface area (Å²) in [7, 11) is 1.64. The number of carbonyl (C=O) groups excluding carboxylic acids is 1. The highest BCUT2D eigenvalue weighted by Gasteiger charge is 2.25. The molecule has 1 aliphatic heterocycles. The molecule has 0 atom stereocenters. The van der Waals surface area contributed by atoms with E-state index in [1.54, 1.807) is 54.7 Å². The van der Waals surface area contributed by atoms with Crippen LogP contribution in [-0.2, 0) is 11.8 Å². The van der Waals surface area contributed by atoms with Gasteiger partial charge in [0.2, 0.25) is 11.8 Å². The molecule has 4 aromatic rings. The quantitative estimate of drug-likeness (QED) is 0.289. The Hall–Kier alpha value is -3.93. The fraction of sp³-hybridized carbons (Fsp3) is 0.367. The number of amides is 1. The van der Waals surface area contributed by atoms with E-state index < -0.39 is 5.60 Å². The van der Waals surface area contributed by atoms with Gasteiger partial charge in [-0.15, -0.1) is 0 Å². The van der Waals surface area contributed by atoms with Crippen LogP contribution in [0.2, 0.25) is 10.0 Å². The van der Waals surface area contributed by atoms with E-state index in [1.807, 2.05) is 26.8 Å². The van der Waals surface area contributed by atoms with Crippen LogP contribution < -0.4 is 15.6 Å². The maximum Gasteiger partial charge on any atom is 0.410 e. The molecule has 43 heavy (non-hydrogen) atoms. The molecule has 0 spiro atoms. The maximum absolute atomic E-state index is 13.2. The first-order chi connectivity index (χ1) is 20.5. The van der Waals surface area contributed by atoms with Crippen molar-refractivity contribution in [2.24, 2.45) is 7.05 Å². The van der Waals surface area contributed by atoms with Gasteiger partial charge in [0.1, 0.15) is 17.9 Å². The number of piperazine rings is 1. The Morgan fingerprint density at radius 3 is 2.40 bits per heavy atom. The summed E-state index contributed by atoms with van der Waals surface area (Å²) in [6, 6.07) is 10.4. The number of carbonyl (C=O) groups is 1. The Bertz CT molecular complexity index is 1660. The number of fused-ring (bicyclic) bond motifs is 1. The van der Waals surface area contributed by atoms with Crippen molar-refractivity contribution in [2.45, 2.75) is 26.4 Å². The monoisotopic (exact) mass is 625 g/mol. The fourth-order valence-electron chi connectivity index (χ4n) is 4.67. The topological polar surface area (TPSA) is 115 Å². The van der Waals surface area contributed by atoms with Gasteiger partial charge in [0.05, 0.1) is 27.5 Å². The van der Waals surface area contributed by atoms with E-state index >= 15 is 0 Å². The summed E-state index contributed by atoms with van der Waals surface area (Å²) in [6.07, 6.45) is 2.99. The van der Waals surface area contributed by atoms with Crippen molar-refractivity contribution in [1.29, 1.82) is 0 Å². The number of halogens is 2. The number of anilines is 2. The molecule has 226 valence electrons. The summed E-state index contributed by atoms with van der Waals surface area (Å²) in [5, 5.41) is 4.56. The van der Waals surface area contributed by atoms with Crippen molar-refractivity contribution >= 4 is 52.0 Å². The molecule has 4 heterocycles. The largest absolute Gasteiger partial charge is 0.476 e. The zero-order chi connectivity index (χ0) is 30.7. The number of nitrogens with zero attached hydrogens (tertiary/aromatic N) is 6. The van der Waals surface area contributed by atoms with E-state index in [0.29, 0.717) is 69.4 Å².